The number of hydrogen-bond acceptors (Lipinski definition) is 2. The zero-order chi connectivity index (χ0) is 12.1. The van der Waals surface area contributed by atoms with Crippen LogP contribution in [0.4, 0.5) is 0 Å². The molecule has 90 valence electrons. The molecule has 0 heterocycles. The van der Waals surface area contributed by atoms with Crippen molar-refractivity contribution >= 4 is 15.9 Å². The van der Waals surface area contributed by atoms with E-state index in [9.17, 15) is 0 Å². The maximum Gasteiger partial charge on any atom is 0.133 e. The summed E-state index contributed by atoms with van der Waals surface area (Å²) in [6, 6.07) is 7.25. The van der Waals surface area contributed by atoms with E-state index in [-0.39, 0.29) is 0 Å². The van der Waals surface area contributed by atoms with Gasteiger partial charge in [0.25, 0.3) is 0 Å². The highest BCUT2D eigenvalue weighted by Crippen LogP contribution is 2.25. The molecule has 1 aromatic rings. The van der Waals surface area contributed by atoms with Crippen molar-refractivity contribution in [1.29, 1.82) is 0 Å². The first-order valence-electron chi connectivity index (χ1n) is 5.61. The summed E-state index contributed by atoms with van der Waals surface area (Å²) >= 11 is 3.50. The lowest BCUT2D eigenvalue weighted by Crippen LogP contribution is -2.33. The molecular weight excluding hydrogens is 266 g/mol. The fourth-order valence-corrected chi connectivity index (χ4v) is 2.41. The number of halogens is 1. The minimum Gasteiger partial charge on any atom is -0.496 e. The molecule has 0 saturated heterocycles. The van der Waals surface area contributed by atoms with E-state index in [4.69, 9.17) is 4.74 Å². The molecule has 1 unspecified atom stereocenters. The number of ether oxygens (including phenoxy) is 1. The quantitative estimate of drug-likeness (QED) is 0.896. The van der Waals surface area contributed by atoms with Crippen LogP contribution in [0, 0.1) is 0 Å². The van der Waals surface area contributed by atoms with Gasteiger partial charge in [-0.05, 0) is 47.0 Å². The van der Waals surface area contributed by atoms with Crippen LogP contribution in [0.3, 0.4) is 0 Å². The summed E-state index contributed by atoms with van der Waals surface area (Å²) in [5, 5.41) is 3.49. The molecule has 0 spiro atoms. The lowest BCUT2D eigenvalue weighted by atomic mass is 10.1. The first-order chi connectivity index (χ1) is 7.52. The summed E-state index contributed by atoms with van der Waals surface area (Å²) in [6.07, 6.45) is 1.03. The van der Waals surface area contributed by atoms with E-state index in [0.29, 0.717) is 12.1 Å². The first-order valence-corrected chi connectivity index (χ1v) is 6.40. The van der Waals surface area contributed by atoms with Gasteiger partial charge in [0.05, 0.1) is 11.6 Å². The van der Waals surface area contributed by atoms with Crippen molar-refractivity contribution in [3.8, 4) is 5.75 Å². The van der Waals surface area contributed by atoms with Crippen LogP contribution in [0.2, 0.25) is 0 Å². The van der Waals surface area contributed by atoms with Crippen molar-refractivity contribution in [1.82, 2.24) is 5.32 Å². The van der Waals surface area contributed by atoms with Crippen molar-refractivity contribution in [3.63, 3.8) is 0 Å². The summed E-state index contributed by atoms with van der Waals surface area (Å²) in [6.45, 7) is 6.54. The highest BCUT2D eigenvalue weighted by atomic mass is 79.9. The van der Waals surface area contributed by atoms with E-state index >= 15 is 0 Å². The van der Waals surface area contributed by atoms with Gasteiger partial charge < -0.3 is 10.1 Å². The Morgan fingerprint density at radius 2 is 2.00 bits per heavy atom. The molecule has 1 rings (SSSR count). The Balaban J connectivity index is 2.64. The topological polar surface area (TPSA) is 21.3 Å². The van der Waals surface area contributed by atoms with E-state index < -0.39 is 0 Å². The van der Waals surface area contributed by atoms with Gasteiger partial charge in [-0.15, -0.1) is 0 Å². The average Bonchev–Trinajstić information content (AvgIpc) is 2.16. The number of rotatable bonds is 5. The van der Waals surface area contributed by atoms with E-state index in [1.807, 2.05) is 6.07 Å². The molecule has 0 fully saturated rings. The Morgan fingerprint density at radius 1 is 1.31 bits per heavy atom. The molecule has 0 aliphatic carbocycles. The molecule has 2 nitrogen and oxygen atoms in total. The maximum absolute atomic E-state index is 5.21. The second kappa shape index (κ2) is 6.26. The van der Waals surface area contributed by atoms with Crippen molar-refractivity contribution in [2.45, 2.75) is 39.3 Å². The van der Waals surface area contributed by atoms with Crippen molar-refractivity contribution < 1.29 is 4.74 Å². The highest BCUT2D eigenvalue weighted by Gasteiger charge is 2.07. The Labute approximate surface area is 107 Å². The molecule has 0 amide bonds. The van der Waals surface area contributed by atoms with Gasteiger partial charge in [0.1, 0.15) is 5.75 Å². The molecule has 0 aliphatic heterocycles. The SMILES string of the molecule is COc1ccc(CC(C)NC(C)C)cc1Br. The normalized spacial score (nSPS) is 12.9. The molecule has 0 saturated carbocycles. The summed E-state index contributed by atoms with van der Waals surface area (Å²) in [7, 11) is 1.68. The third-order valence-electron chi connectivity index (χ3n) is 2.38. The number of hydrogen-bond donors (Lipinski definition) is 1. The molecule has 0 aromatic heterocycles. The van der Waals surface area contributed by atoms with Crippen LogP contribution >= 0.6 is 15.9 Å². The van der Waals surface area contributed by atoms with E-state index in [1.54, 1.807) is 7.11 Å². The zero-order valence-electron chi connectivity index (χ0n) is 10.4. The first kappa shape index (κ1) is 13.5. The van der Waals surface area contributed by atoms with E-state index in [0.717, 1.165) is 16.6 Å². The lowest BCUT2D eigenvalue weighted by molar-refractivity contribution is 0.411. The molecule has 16 heavy (non-hydrogen) atoms. The van der Waals surface area contributed by atoms with Crippen molar-refractivity contribution in [2.24, 2.45) is 0 Å². The summed E-state index contributed by atoms with van der Waals surface area (Å²) in [4.78, 5) is 0. The van der Waals surface area contributed by atoms with Gasteiger partial charge in [0.15, 0.2) is 0 Å². The van der Waals surface area contributed by atoms with Crippen molar-refractivity contribution in [3.05, 3.63) is 28.2 Å². The molecule has 3 heteroatoms. The fraction of sp³-hybridized carbons (Fsp3) is 0.538. The second-order valence-corrected chi connectivity index (χ2v) is 5.25. The maximum atomic E-state index is 5.21. The Kier molecular flexibility index (Phi) is 5.29. The molecule has 0 bridgehead atoms. The van der Waals surface area contributed by atoms with Gasteiger partial charge in [-0.25, -0.2) is 0 Å². The van der Waals surface area contributed by atoms with Crippen LogP contribution in [0.25, 0.3) is 0 Å². The van der Waals surface area contributed by atoms with Crippen LogP contribution in [-0.2, 0) is 6.42 Å². The highest BCUT2D eigenvalue weighted by molar-refractivity contribution is 9.10. The molecule has 0 aliphatic rings. The third-order valence-corrected chi connectivity index (χ3v) is 3.00. The monoisotopic (exact) mass is 285 g/mol. The van der Waals surface area contributed by atoms with Crippen LogP contribution < -0.4 is 10.1 Å². The summed E-state index contributed by atoms with van der Waals surface area (Å²) in [5.74, 6) is 0.883. The van der Waals surface area contributed by atoms with Gasteiger partial charge in [0, 0.05) is 12.1 Å². The Morgan fingerprint density at radius 3 is 2.50 bits per heavy atom. The minimum atomic E-state index is 0.486. The third kappa shape index (κ3) is 4.14. The predicted octanol–water partition coefficient (Wildman–Crippen LogP) is 3.39. The Bertz CT molecular complexity index is 339. The lowest BCUT2D eigenvalue weighted by Gasteiger charge is -2.17. The smallest absolute Gasteiger partial charge is 0.133 e. The largest absolute Gasteiger partial charge is 0.496 e. The number of benzene rings is 1. The standard InChI is InChI=1S/C13H20BrNO/c1-9(2)15-10(3)7-11-5-6-13(16-4)12(14)8-11/h5-6,8-10,15H,7H2,1-4H3. The van der Waals surface area contributed by atoms with Gasteiger partial charge in [-0.3, -0.25) is 0 Å². The van der Waals surface area contributed by atoms with Gasteiger partial charge in [-0.2, -0.15) is 0 Å². The predicted molar refractivity (Wildman–Crippen MR) is 72.1 cm³/mol. The van der Waals surface area contributed by atoms with E-state index in [2.05, 4.69) is 54.2 Å². The van der Waals surface area contributed by atoms with Crippen molar-refractivity contribution in [2.75, 3.05) is 7.11 Å². The number of nitrogens with one attached hydrogen (secondary N) is 1. The van der Waals surface area contributed by atoms with Crippen LogP contribution in [-0.4, -0.2) is 19.2 Å². The summed E-state index contributed by atoms with van der Waals surface area (Å²) < 4.78 is 6.22. The average molecular weight is 286 g/mol. The minimum absolute atomic E-state index is 0.486. The van der Waals surface area contributed by atoms with Crippen LogP contribution in [0.1, 0.15) is 26.3 Å². The molecule has 0 radical (unpaired) electrons. The second-order valence-electron chi connectivity index (χ2n) is 4.40. The van der Waals surface area contributed by atoms with Gasteiger partial charge in [0.2, 0.25) is 0 Å². The van der Waals surface area contributed by atoms with Gasteiger partial charge >= 0.3 is 0 Å². The molecule has 1 atom stereocenters. The Hall–Kier alpha value is -0.540. The zero-order valence-corrected chi connectivity index (χ0v) is 12.0. The van der Waals surface area contributed by atoms with Crippen LogP contribution in [0.15, 0.2) is 22.7 Å². The fourth-order valence-electron chi connectivity index (χ4n) is 1.82. The molecule has 1 aromatic carbocycles. The van der Waals surface area contributed by atoms with Gasteiger partial charge in [-0.1, -0.05) is 19.9 Å². The van der Waals surface area contributed by atoms with E-state index in [1.165, 1.54) is 5.56 Å². The number of methoxy groups -OCH3 is 1. The summed E-state index contributed by atoms with van der Waals surface area (Å²) in [5.41, 5.74) is 1.31. The molecule has 1 N–H and O–H groups in total. The van der Waals surface area contributed by atoms with Crippen LogP contribution in [0.5, 0.6) is 5.75 Å². The molecular formula is C13H20BrNO.